The minimum Gasteiger partial charge on any atom is -0.462 e. The Kier molecular flexibility index (Phi) is 6.20. The molecule has 100 valence electrons. The molecular weight excluding hydrogens is 361 g/mol. The Morgan fingerprint density at radius 2 is 2.05 bits per heavy atom. The van der Waals surface area contributed by atoms with Gasteiger partial charge in [-0.25, -0.2) is 4.79 Å². The largest absolute Gasteiger partial charge is 0.462 e. The maximum atomic E-state index is 11.3. The lowest BCUT2D eigenvalue weighted by Crippen LogP contribution is -2.02. The predicted molar refractivity (Wildman–Crippen MR) is 80.9 cm³/mol. The van der Waals surface area contributed by atoms with Gasteiger partial charge in [0.15, 0.2) is 0 Å². The third kappa shape index (κ3) is 5.21. The van der Waals surface area contributed by atoms with Gasteiger partial charge >= 0.3 is 5.97 Å². The van der Waals surface area contributed by atoms with E-state index in [1.54, 1.807) is 37.3 Å². The number of ether oxygens (including phenoxy) is 1. The van der Waals surface area contributed by atoms with E-state index >= 15 is 0 Å². The summed E-state index contributed by atoms with van der Waals surface area (Å²) in [5.74, 6) is -0.364. The minimum atomic E-state index is -0.447. The maximum Gasteiger partial charge on any atom is 0.344 e. The number of nitrogens with zero attached hydrogens (tertiary/aromatic N) is 1. The highest BCUT2D eigenvalue weighted by molar-refractivity contribution is 14.1. The van der Waals surface area contributed by atoms with Crippen molar-refractivity contribution in [3.05, 3.63) is 55.7 Å². The van der Waals surface area contributed by atoms with Gasteiger partial charge in [-0.3, -0.25) is 10.1 Å². The number of nitro groups is 1. The molecule has 0 bridgehead atoms. The van der Waals surface area contributed by atoms with Gasteiger partial charge in [0.25, 0.3) is 5.69 Å². The number of carbonyl (C=O) groups excluding carboxylic acids is 1. The van der Waals surface area contributed by atoms with Crippen LogP contribution in [0.15, 0.2) is 40.0 Å². The number of carbonyl (C=O) groups is 1. The third-order valence-electron chi connectivity index (χ3n) is 2.11. The van der Waals surface area contributed by atoms with Crippen molar-refractivity contribution in [3.63, 3.8) is 0 Å². The molecule has 0 amide bonds. The quantitative estimate of drug-likeness (QED) is 0.198. The zero-order valence-electron chi connectivity index (χ0n) is 10.2. The van der Waals surface area contributed by atoms with E-state index in [4.69, 9.17) is 4.74 Å². The normalized spacial score (nSPS) is 11.6. The summed E-state index contributed by atoms with van der Waals surface area (Å²) in [6, 6.07) is 6.14. The van der Waals surface area contributed by atoms with Crippen LogP contribution in [0.1, 0.15) is 12.5 Å². The van der Waals surface area contributed by atoms with Crippen molar-refractivity contribution in [2.75, 3.05) is 6.61 Å². The summed E-state index contributed by atoms with van der Waals surface area (Å²) in [4.78, 5) is 21.3. The number of non-ortho nitro benzene ring substituents is 1. The molecule has 0 aromatic heterocycles. The van der Waals surface area contributed by atoms with Crippen LogP contribution in [0.4, 0.5) is 5.69 Å². The molecule has 1 rings (SSSR count). The van der Waals surface area contributed by atoms with Crippen molar-refractivity contribution in [2.24, 2.45) is 0 Å². The third-order valence-corrected chi connectivity index (χ3v) is 2.91. The molecule has 19 heavy (non-hydrogen) atoms. The van der Waals surface area contributed by atoms with Crippen molar-refractivity contribution in [2.45, 2.75) is 6.92 Å². The van der Waals surface area contributed by atoms with Crippen LogP contribution >= 0.6 is 22.6 Å². The van der Waals surface area contributed by atoms with E-state index in [-0.39, 0.29) is 11.7 Å². The standard InChI is InChI=1S/C13H12INO4/c1-2-19-13(16)12(14)5-3-4-10-6-8-11(9-7-10)15(17)18/h3-9H,2H2,1H3/b4-3+,12-5-. The van der Waals surface area contributed by atoms with E-state index in [9.17, 15) is 14.9 Å². The number of hydrogen-bond donors (Lipinski definition) is 0. The first-order valence-corrected chi connectivity index (χ1v) is 6.58. The van der Waals surface area contributed by atoms with E-state index in [1.807, 2.05) is 22.6 Å². The van der Waals surface area contributed by atoms with E-state index in [0.717, 1.165) is 5.56 Å². The lowest BCUT2D eigenvalue weighted by Gasteiger charge is -1.98. The molecule has 1 aromatic rings. The van der Waals surface area contributed by atoms with E-state index in [2.05, 4.69) is 0 Å². The summed E-state index contributed by atoms with van der Waals surface area (Å²) in [5, 5.41) is 10.5. The lowest BCUT2D eigenvalue weighted by molar-refractivity contribution is -0.384. The van der Waals surface area contributed by atoms with Crippen LogP contribution < -0.4 is 0 Å². The Morgan fingerprint density at radius 1 is 1.42 bits per heavy atom. The molecule has 6 heteroatoms. The predicted octanol–water partition coefficient (Wildman–Crippen LogP) is 3.49. The van der Waals surface area contributed by atoms with Crippen LogP contribution in [0, 0.1) is 10.1 Å². The zero-order valence-corrected chi connectivity index (χ0v) is 12.4. The van der Waals surface area contributed by atoms with Gasteiger partial charge < -0.3 is 4.74 Å². The average molecular weight is 373 g/mol. The first-order chi connectivity index (χ1) is 9.04. The monoisotopic (exact) mass is 373 g/mol. The molecule has 0 heterocycles. The fraction of sp³-hybridized carbons (Fsp3) is 0.154. The minimum absolute atomic E-state index is 0.0498. The van der Waals surface area contributed by atoms with Gasteiger partial charge in [-0.2, -0.15) is 0 Å². The first-order valence-electron chi connectivity index (χ1n) is 5.50. The Morgan fingerprint density at radius 3 is 2.58 bits per heavy atom. The summed E-state index contributed by atoms with van der Waals surface area (Å²) < 4.78 is 5.29. The molecule has 0 aliphatic carbocycles. The second kappa shape index (κ2) is 7.67. The molecule has 0 aliphatic heterocycles. The highest BCUT2D eigenvalue weighted by Gasteiger charge is 2.04. The summed E-state index contributed by atoms with van der Waals surface area (Å²) in [5.41, 5.74) is 0.865. The highest BCUT2D eigenvalue weighted by atomic mass is 127. The molecule has 0 fully saturated rings. The average Bonchev–Trinajstić information content (AvgIpc) is 2.39. The summed E-state index contributed by atoms with van der Waals surface area (Å²) in [7, 11) is 0. The van der Waals surface area contributed by atoms with E-state index < -0.39 is 4.92 Å². The van der Waals surface area contributed by atoms with E-state index in [0.29, 0.717) is 10.2 Å². The van der Waals surface area contributed by atoms with Crippen molar-refractivity contribution in [1.82, 2.24) is 0 Å². The molecular formula is C13H12INO4. The lowest BCUT2D eigenvalue weighted by atomic mass is 10.2. The van der Waals surface area contributed by atoms with Gasteiger partial charge in [-0.05, 0) is 53.3 Å². The molecule has 0 radical (unpaired) electrons. The topological polar surface area (TPSA) is 69.4 Å². The number of rotatable bonds is 5. The maximum absolute atomic E-state index is 11.3. The Bertz CT molecular complexity index is 520. The van der Waals surface area contributed by atoms with Gasteiger partial charge in [0.1, 0.15) is 0 Å². The number of hydrogen-bond acceptors (Lipinski definition) is 4. The van der Waals surface area contributed by atoms with Gasteiger partial charge in [0.05, 0.1) is 15.1 Å². The number of nitro benzene ring substituents is 1. The number of halogens is 1. The second-order valence-corrected chi connectivity index (χ2v) is 4.61. The molecule has 5 nitrogen and oxygen atoms in total. The van der Waals surface area contributed by atoms with Crippen LogP contribution in [0.25, 0.3) is 6.08 Å². The van der Waals surface area contributed by atoms with Gasteiger partial charge in [-0.1, -0.05) is 12.2 Å². The fourth-order valence-electron chi connectivity index (χ4n) is 1.22. The van der Waals surface area contributed by atoms with Gasteiger partial charge in [-0.15, -0.1) is 0 Å². The van der Waals surface area contributed by atoms with Crippen molar-refractivity contribution in [1.29, 1.82) is 0 Å². The Balaban J connectivity index is 2.69. The molecule has 1 aromatic carbocycles. The molecule has 0 atom stereocenters. The highest BCUT2D eigenvalue weighted by Crippen LogP contribution is 2.14. The van der Waals surface area contributed by atoms with Crippen LogP contribution in [0.3, 0.4) is 0 Å². The SMILES string of the molecule is CCOC(=O)/C(I)=C/C=C/c1ccc([N+](=O)[O-])cc1. The van der Waals surface area contributed by atoms with Crippen molar-refractivity contribution < 1.29 is 14.5 Å². The number of esters is 1. The summed E-state index contributed by atoms with van der Waals surface area (Å²) >= 11 is 1.89. The molecule has 0 spiro atoms. The molecule has 0 aliphatic rings. The van der Waals surface area contributed by atoms with Crippen LogP contribution in [-0.2, 0) is 9.53 Å². The molecule has 0 N–H and O–H groups in total. The van der Waals surface area contributed by atoms with Gasteiger partial charge in [0, 0.05) is 12.1 Å². The molecule has 0 unspecified atom stereocenters. The van der Waals surface area contributed by atoms with Crippen LogP contribution in [0.2, 0.25) is 0 Å². The smallest absolute Gasteiger partial charge is 0.344 e. The zero-order chi connectivity index (χ0) is 14.3. The van der Waals surface area contributed by atoms with Crippen molar-refractivity contribution in [3.8, 4) is 0 Å². The summed E-state index contributed by atoms with van der Waals surface area (Å²) in [6.07, 6.45) is 5.07. The summed E-state index contributed by atoms with van der Waals surface area (Å²) in [6.45, 7) is 2.08. The van der Waals surface area contributed by atoms with E-state index in [1.165, 1.54) is 12.1 Å². The van der Waals surface area contributed by atoms with Crippen LogP contribution in [-0.4, -0.2) is 17.5 Å². The Labute approximate surface area is 124 Å². The van der Waals surface area contributed by atoms with Crippen molar-refractivity contribution >= 4 is 40.3 Å². The second-order valence-electron chi connectivity index (χ2n) is 3.44. The fourth-order valence-corrected chi connectivity index (χ4v) is 1.58. The van der Waals surface area contributed by atoms with Gasteiger partial charge in [0.2, 0.25) is 0 Å². The molecule has 0 saturated heterocycles. The number of benzene rings is 1. The van der Waals surface area contributed by atoms with Crippen LogP contribution in [0.5, 0.6) is 0 Å². The Hall–Kier alpha value is -1.70. The molecule has 0 saturated carbocycles. The first kappa shape index (κ1) is 15.4. The number of allylic oxidation sites excluding steroid dienone is 2.